The molecule has 2 amide bonds. The van der Waals surface area contributed by atoms with E-state index in [9.17, 15) is 26.7 Å². The van der Waals surface area contributed by atoms with Crippen LogP contribution in [0.2, 0.25) is 0 Å². The topological polar surface area (TPSA) is 50.2 Å². The molecule has 0 atom stereocenters. The number of benzene rings is 1. The quantitative estimate of drug-likeness (QED) is 0.814. The molecule has 0 saturated carbocycles. The maximum Gasteiger partial charge on any atom is 0.317 e. The lowest BCUT2D eigenvalue weighted by Crippen LogP contribution is -2.46. The molecule has 146 valence electrons. The van der Waals surface area contributed by atoms with Crippen molar-refractivity contribution in [3.63, 3.8) is 0 Å². The minimum absolute atomic E-state index is 0.427. The smallest absolute Gasteiger partial charge is 0.317 e. The van der Waals surface area contributed by atoms with Crippen LogP contribution in [0.5, 0.6) is 0 Å². The number of carbonyl (C=O) groups is 1. The minimum Gasteiger partial charge on any atom is -0.331 e. The number of rotatable bonds is 4. The van der Waals surface area contributed by atoms with Gasteiger partial charge in [-0.3, -0.25) is 0 Å². The average molecular weight is 388 g/mol. The summed E-state index contributed by atoms with van der Waals surface area (Å²) in [6, 6.07) is 1.15. The van der Waals surface area contributed by atoms with Crippen molar-refractivity contribution in [2.75, 3.05) is 19.6 Å². The van der Waals surface area contributed by atoms with Crippen molar-refractivity contribution >= 4 is 6.03 Å². The first kappa shape index (κ1) is 19.1. The normalized spacial score (nSPS) is 15.1. The Morgan fingerprint density at radius 3 is 2.37 bits per heavy atom. The molecule has 0 aliphatic carbocycles. The summed E-state index contributed by atoms with van der Waals surface area (Å²) in [5.74, 6) is -7.23. The Kier molecular flexibility index (Phi) is 5.33. The third kappa shape index (κ3) is 4.20. The van der Waals surface area contributed by atoms with E-state index >= 15 is 0 Å². The molecule has 1 aliphatic rings. The second-order valence-corrected chi connectivity index (χ2v) is 6.27. The molecule has 10 heteroatoms. The van der Waals surface area contributed by atoms with Crippen LogP contribution in [0.25, 0.3) is 5.69 Å². The van der Waals surface area contributed by atoms with E-state index in [0.717, 1.165) is 31.5 Å². The highest BCUT2D eigenvalue weighted by Crippen LogP contribution is 2.27. The van der Waals surface area contributed by atoms with Crippen LogP contribution in [0.4, 0.5) is 26.7 Å². The lowest BCUT2D eigenvalue weighted by molar-refractivity contribution is -0.00647. The van der Waals surface area contributed by atoms with Gasteiger partial charge in [-0.15, -0.1) is 0 Å². The lowest BCUT2D eigenvalue weighted by atomic mass is 10.1. The fourth-order valence-electron chi connectivity index (χ4n) is 2.88. The van der Waals surface area contributed by atoms with Crippen molar-refractivity contribution < 1.29 is 26.7 Å². The number of carbonyl (C=O) groups excluding carboxylic acids is 1. The Labute approximate surface area is 151 Å². The fourth-order valence-corrected chi connectivity index (χ4v) is 2.88. The standard InChI is InChI=1S/C17H17F5N4O/c18-11-8-12(19)15(13(20)9-11)26-7-4-14(24-26)17(21,22)10-23-16(27)25-5-2-1-3-6-25/h4,7-9H,1-3,5-6,10H2,(H,23,27). The fraction of sp³-hybridized carbons (Fsp3) is 0.412. The highest BCUT2D eigenvalue weighted by Gasteiger charge is 2.36. The van der Waals surface area contributed by atoms with Gasteiger partial charge in [0, 0.05) is 31.4 Å². The summed E-state index contributed by atoms with van der Waals surface area (Å²) in [6.07, 6.45) is 3.58. The number of amides is 2. The third-order valence-electron chi connectivity index (χ3n) is 4.28. The molecule has 0 spiro atoms. The highest BCUT2D eigenvalue weighted by molar-refractivity contribution is 5.74. The van der Waals surface area contributed by atoms with Gasteiger partial charge in [-0.05, 0) is 25.3 Å². The van der Waals surface area contributed by atoms with Crippen LogP contribution in [0.1, 0.15) is 25.0 Å². The zero-order valence-corrected chi connectivity index (χ0v) is 14.2. The Morgan fingerprint density at radius 2 is 1.74 bits per heavy atom. The van der Waals surface area contributed by atoms with E-state index in [1.165, 1.54) is 4.90 Å². The number of halogens is 5. The SMILES string of the molecule is O=C(NCC(F)(F)c1ccn(-c2c(F)cc(F)cc2F)n1)N1CCCCC1. The second-order valence-electron chi connectivity index (χ2n) is 6.27. The van der Waals surface area contributed by atoms with E-state index in [4.69, 9.17) is 0 Å². The van der Waals surface area contributed by atoms with E-state index in [2.05, 4.69) is 10.4 Å². The van der Waals surface area contributed by atoms with Gasteiger partial charge in [-0.2, -0.15) is 13.9 Å². The van der Waals surface area contributed by atoms with Crippen molar-refractivity contribution in [2.45, 2.75) is 25.2 Å². The Morgan fingerprint density at radius 1 is 1.11 bits per heavy atom. The largest absolute Gasteiger partial charge is 0.331 e. The van der Waals surface area contributed by atoms with Gasteiger partial charge in [0.1, 0.15) is 17.2 Å². The van der Waals surface area contributed by atoms with E-state index in [1.54, 1.807) is 0 Å². The molecular weight excluding hydrogens is 371 g/mol. The number of hydrogen-bond acceptors (Lipinski definition) is 2. The molecule has 0 unspecified atom stereocenters. The molecule has 0 bridgehead atoms. The molecule has 1 N–H and O–H groups in total. The Balaban J connectivity index is 1.72. The first-order valence-corrected chi connectivity index (χ1v) is 8.39. The number of urea groups is 1. The number of nitrogens with zero attached hydrogens (tertiary/aromatic N) is 3. The predicted molar refractivity (Wildman–Crippen MR) is 86.2 cm³/mol. The second kappa shape index (κ2) is 7.53. The summed E-state index contributed by atoms with van der Waals surface area (Å²) in [4.78, 5) is 13.4. The molecule has 27 heavy (non-hydrogen) atoms. The van der Waals surface area contributed by atoms with E-state index in [0.29, 0.717) is 29.9 Å². The van der Waals surface area contributed by atoms with Gasteiger partial charge >= 0.3 is 12.0 Å². The van der Waals surface area contributed by atoms with Gasteiger partial charge in [0.05, 0.1) is 6.54 Å². The van der Waals surface area contributed by atoms with Gasteiger partial charge in [-0.25, -0.2) is 22.6 Å². The van der Waals surface area contributed by atoms with E-state index < -0.39 is 47.3 Å². The Bertz CT molecular complexity index is 809. The van der Waals surface area contributed by atoms with Crippen molar-refractivity contribution in [2.24, 2.45) is 0 Å². The van der Waals surface area contributed by atoms with Gasteiger partial charge in [0.15, 0.2) is 11.6 Å². The number of hydrogen-bond donors (Lipinski definition) is 1. The van der Waals surface area contributed by atoms with Crippen LogP contribution in [-0.2, 0) is 5.92 Å². The van der Waals surface area contributed by atoms with Gasteiger partial charge in [0.2, 0.25) is 0 Å². The summed E-state index contributed by atoms with van der Waals surface area (Å²) in [7, 11) is 0. The molecular formula is C17H17F5N4O. The molecule has 2 aromatic rings. The van der Waals surface area contributed by atoms with Crippen LogP contribution in [-0.4, -0.2) is 40.3 Å². The van der Waals surface area contributed by atoms with E-state index in [-0.39, 0.29) is 0 Å². The third-order valence-corrected chi connectivity index (χ3v) is 4.28. The average Bonchev–Trinajstić information content (AvgIpc) is 3.10. The molecule has 5 nitrogen and oxygen atoms in total. The lowest BCUT2D eigenvalue weighted by Gasteiger charge is -2.27. The zero-order chi connectivity index (χ0) is 19.6. The first-order chi connectivity index (χ1) is 12.8. The number of nitrogens with one attached hydrogen (secondary N) is 1. The summed E-state index contributed by atoms with van der Waals surface area (Å²) >= 11 is 0. The summed E-state index contributed by atoms with van der Waals surface area (Å²) in [5.41, 5.74) is -1.54. The van der Waals surface area contributed by atoms with Crippen molar-refractivity contribution in [1.29, 1.82) is 0 Å². The van der Waals surface area contributed by atoms with Crippen molar-refractivity contribution in [1.82, 2.24) is 20.0 Å². The van der Waals surface area contributed by atoms with Crippen LogP contribution in [0.15, 0.2) is 24.4 Å². The van der Waals surface area contributed by atoms with Gasteiger partial charge in [-0.1, -0.05) is 0 Å². The van der Waals surface area contributed by atoms with Crippen LogP contribution in [0.3, 0.4) is 0 Å². The van der Waals surface area contributed by atoms with Gasteiger partial charge < -0.3 is 10.2 Å². The molecule has 1 fully saturated rings. The molecule has 3 rings (SSSR count). The summed E-state index contributed by atoms with van der Waals surface area (Å²) in [6.45, 7) is 0.0119. The number of alkyl halides is 2. The van der Waals surface area contributed by atoms with Gasteiger partial charge in [0.25, 0.3) is 0 Å². The molecule has 1 aromatic heterocycles. The molecule has 2 heterocycles. The summed E-state index contributed by atoms with van der Waals surface area (Å²) in [5, 5.41) is 5.65. The van der Waals surface area contributed by atoms with Crippen LogP contribution >= 0.6 is 0 Å². The Hall–Kier alpha value is -2.65. The molecule has 0 radical (unpaired) electrons. The number of piperidine rings is 1. The minimum atomic E-state index is -3.55. The maximum absolute atomic E-state index is 14.3. The molecule has 1 saturated heterocycles. The molecule has 1 aromatic carbocycles. The predicted octanol–water partition coefficient (Wildman–Crippen LogP) is 3.58. The maximum atomic E-state index is 14.3. The van der Waals surface area contributed by atoms with Crippen molar-refractivity contribution in [3.8, 4) is 5.69 Å². The first-order valence-electron chi connectivity index (χ1n) is 8.39. The van der Waals surface area contributed by atoms with Crippen LogP contribution in [0, 0.1) is 17.5 Å². The zero-order valence-electron chi connectivity index (χ0n) is 14.2. The monoisotopic (exact) mass is 388 g/mol. The molecule has 1 aliphatic heterocycles. The summed E-state index contributed by atoms with van der Waals surface area (Å²) < 4.78 is 69.7. The number of aromatic nitrogens is 2. The van der Waals surface area contributed by atoms with Crippen LogP contribution < -0.4 is 5.32 Å². The number of likely N-dealkylation sites (tertiary alicyclic amines) is 1. The highest BCUT2D eigenvalue weighted by atomic mass is 19.3. The van der Waals surface area contributed by atoms with E-state index in [1.807, 2.05) is 0 Å². The van der Waals surface area contributed by atoms with Crippen molar-refractivity contribution in [3.05, 3.63) is 47.5 Å².